The lowest BCUT2D eigenvalue weighted by atomic mass is 9.98. The molecule has 0 bridgehead atoms. The van der Waals surface area contributed by atoms with Crippen molar-refractivity contribution < 1.29 is 8.42 Å². The molecule has 0 aromatic rings. The fourth-order valence-corrected chi connectivity index (χ4v) is 5.30. The first kappa shape index (κ1) is 14.3. The molecular formula is C13H26N2O2S. The Morgan fingerprint density at radius 3 is 2.22 bits per heavy atom. The van der Waals surface area contributed by atoms with Crippen molar-refractivity contribution in [3.63, 3.8) is 0 Å². The molecule has 0 spiro atoms. The molecule has 1 N–H and O–H groups in total. The highest BCUT2D eigenvalue weighted by Crippen LogP contribution is 2.28. The first-order chi connectivity index (χ1) is 8.64. The van der Waals surface area contributed by atoms with E-state index in [4.69, 9.17) is 0 Å². The zero-order valence-electron chi connectivity index (χ0n) is 11.4. The summed E-state index contributed by atoms with van der Waals surface area (Å²) in [6.07, 6.45) is 7.13. The van der Waals surface area contributed by atoms with Crippen LogP contribution in [-0.2, 0) is 10.0 Å². The minimum atomic E-state index is -3.01. The van der Waals surface area contributed by atoms with Crippen molar-refractivity contribution in [1.29, 1.82) is 0 Å². The molecule has 0 aromatic carbocycles. The van der Waals surface area contributed by atoms with Gasteiger partial charge in [0.05, 0.1) is 5.25 Å². The molecule has 1 saturated carbocycles. The van der Waals surface area contributed by atoms with E-state index in [1.54, 1.807) is 4.31 Å². The van der Waals surface area contributed by atoms with E-state index in [1.807, 2.05) is 7.05 Å². The Balaban J connectivity index is 1.91. The largest absolute Gasteiger partial charge is 0.319 e. The summed E-state index contributed by atoms with van der Waals surface area (Å²) in [5, 5.41) is 3.10. The van der Waals surface area contributed by atoms with Gasteiger partial charge in [-0.05, 0) is 45.2 Å². The van der Waals surface area contributed by atoms with Crippen LogP contribution < -0.4 is 5.32 Å². The maximum Gasteiger partial charge on any atom is 0.216 e. The normalized spacial score (nSPS) is 25.4. The number of rotatable bonds is 4. The van der Waals surface area contributed by atoms with Gasteiger partial charge in [0.15, 0.2) is 0 Å². The van der Waals surface area contributed by atoms with Crippen molar-refractivity contribution in [3.05, 3.63) is 0 Å². The van der Waals surface area contributed by atoms with Gasteiger partial charge in [0.1, 0.15) is 0 Å². The number of hydrogen-bond donors (Lipinski definition) is 1. The predicted octanol–water partition coefficient (Wildman–Crippen LogP) is 1.58. The zero-order chi connectivity index (χ0) is 13.0. The molecule has 1 aliphatic carbocycles. The Morgan fingerprint density at radius 1 is 1.06 bits per heavy atom. The van der Waals surface area contributed by atoms with Gasteiger partial charge < -0.3 is 5.32 Å². The lowest BCUT2D eigenvalue weighted by molar-refractivity contribution is 0.266. The highest BCUT2D eigenvalue weighted by Gasteiger charge is 2.34. The summed E-state index contributed by atoms with van der Waals surface area (Å²) in [5.41, 5.74) is 0. The van der Waals surface area contributed by atoms with Gasteiger partial charge >= 0.3 is 0 Å². The molecule has 2 fully saturated rings. The average molecular weight is 274 g/mol. The summed E-state index contributed by atoms with van der Waals surface area (Å²) < 4.78 is 26.8. The minimum Gasteiger partial charge on any atom is -0.319 e. The zero-order valence-corrected chi connectivity index (χ0v) is 12.2. The number of piperidine rings is 1. The first-order valence-corrected chi connectivity index (χ1v) is 8.78. The number of sulfonamides is 1. The molecule has 106 valence electrons. The van der Waals surface area contributed by atoms with Crippen LogP contribution in [0.1, 0.15) is 44.9 Å². The number of nitrogens with one attached hydrogen (secondary N) is 1. The van der Waals surface area contributed by atoms with Crippen LogP contribution in [0.2, 0.25) is 0 Å². The molecule has 18 heavy (non-hydrogen) atoms. The lowest BCUT2D eigenvalue weighted by Crippen LogP contribution is -2.45. The van der Waals surface area contributed by atoms with Crippen LogP contribution in [0.15, 0.2) is 0 Å². The second-order valence-electron chi connectivity index (χ2n) is 5.71. The third kappa shape index (κ3) is 3.25. The van der Waals surface area contributed by atoms with Gasteiger partial charge in [0.2, 0.25) is 10.0 Å². The van der Waals surface area contributed by atoms with Gasteiger partial charge in [-0.3, -0.25) is 0 Å². The second-order valence-corrected chi connectivity index (χ2v) is 7.92. The number of nitrogens with zero attached hydrogens (tertiary/aromatic N) is 1. The minimum absolute atomic E-state index is 0.0906. The second kappa shape index (κ2) is 6.35. The summed E-state index contributed by atoms with van der Waals surface area (Å²) in [7, 11) is -1.05. The summed E-state index contributed by atoms with van der Waals surface area (Å²) in [5.74, 6) is 0.646. The van der Waals surface area contributed by atoms with E-state index in [0.717, 1.165) is 58.2 Å². The van der Waals surface area contributed by atoms with Crippen LogP contribution >= 0.6 is 0 Å². The van der Waals surface area contributed by atoms with E-state index < -0.39 is 10.0 Å². The summed E-state index contributed by atoms with van der Waals surface area (Å²) in [6.45, 7) is 2.47. The third-order valence-corrected chi connectivity index (χ3v) is 6.80. The molecule has 0 amide bonds. The van der Waals surface area contributed by atoms with Gasteiger partial charge in [0.25, 0.3) is 0 Å². The van der Waals surface area contributed by atoms with Gasteiger partial charge in [-0.25, -0.2) is 12.7 Å². The standard InChI is InChI=1S/C13H26N2O2S/c1-14-11-12-7-9-15(10-8-12)18(16,17)13-5-3-2-4-6-13/h12-14H,2-11H2,1H3. The molecule has 1 saturated heterocycles. The van der Waals surface area contributed by atoms with Crippen LogP contribution in [0.5, 0.6) is 0 Å². The molecule has 2 rings (SSSR count). The quantitative estimate of drug-likeness (QED) is 0.847. The van der Waals surface area contributed by atoms with Crippen molar-refractivity contribution in [2.45, 2.75) is 50.2 Å². The highest BCUT2D eigenvalue weighted by molar-refractivity contribution is 7.89. The van der Waals surface area contributed by atoms with Crippen molar-refractivity contribution >= 4 is 10.0 Å². The molecule has 5 heteroatoms. The van der Waals surface area contributed by atoms with Gasteiger partial charge in [-0.15, -0.1) is 0 Å². The van der Waals surface area contributed by atoms with Crippen LogP contribution in [-0.4, -0.2) is 44.7 Å². The van der Waals surface area contributed by atoms with E-state index in [2.05, 4.69) is 5.32 Å². The molecule has 0 aromatic heterocycles. The fraction of sp³-hybridized carbons (Fsp3) is 1.00. The van der Waals surface area contributed by atoms with Crippen LogP contribution in [0.4, 0.5) is 0 Å². The maximum atomic E-state index is 12.5. The van der Waals surface area contributed by atoms with Crippen molar-refractivity contribution in [2.75, 3.05) is 26.7 Å². The molecule has 2 aliphatic rings. The van der Waals surface area contributed by atoms with Crippen LogP contribution in [0.25, 0.3) is 0 Å². The molecule has 0 unspecified atom stereocenters. The monoisotopic (exact) mass is 274 g/mol. The Kier molecular flexibility index (Phi) is 5.04. The van der Waals surface area contributed by atoms with Gasteiger partial charge in [-0.2, -0.15) is 0 Å². The SMILES string of the molecule is CNCC1CCN(S(=O)(=O)C2CCCCC2)CC1. The predicted molar refractivity (Wildman–Crippen MR) is 74.0 cm³/mol. The average Bonchev–Trinajstić information content (AvgIpc) is 2.41. The van der Waals surface area contributed by atoms with Crippen LogP contribution in [0.3, 0.4) is 0 Å². The Bertz CT molecular complexity index is 342. The summed E-state index contributed by atoms with van der Waals surface area (Å²) in [6, 6.07) is 0. The van der Waals surface area contributed by atoms with Crippen molar-refractivity contribution in [1.82, 2.24) is 9.62 Å². The van der Waals surface area contributed by atoms with E-state index in [0.29, 0.717) is 5.92 Å². The molecule has 1 heterocycles. The molecular weight excluding hydrogens is 248 g/mol. The van der Waals surface area contributed by atoms with E-state index in [1.165, 1.54) is 6.42 Å². The molecule has 0 radical (unpaired) electrons. The summed E-state index contributed by atoms with van der Waals surface area (Å²) in [4.78, 5) is 0. The van der Waals surface area contributed by atoms with Gasteiger partial charge in [-0.1, -0.05) is 19.3 Å². The van der Waals surface area contributed by atoms with E-state index in [9.17, 15) is 8.42 Å². The maximum absolute atomic E-state index is 12.5. The highest BCUT2D eigenvalue weighted by atomic mass is 32.2. The van der Waals surface area contributed by atoms with Crippen molar-refractivity contribution in [3.8, 4) is 0 Å². The summed E-state index contributed by atoms with van der Waals surface area (Å²) >= 11 is 0. The van der Waals surface area contributed by atoms with E-state index in [-0.39, 0.29) is 5.25 Å². The molecule has 0 atom stereocenters. The third-order valence-electron chi connectivity index (χ3n) is 4.40. The van der Waals surface area contributed by atoms with Crippen LogP contribution in [0, 0.1) is 5.92 Å². The Hall–Kier alpha value is -0.130. The Morgan fingerprint density at radius 2 is 1.67 bits per heavy atom. The fourth-order valence-electron chi connectivity index (χ4n) is 3.23. The lowest BCUT2D eigenvalue weighted by Gasteiger charge is -2.34. The number of hydrogen-bond acceptors (Lipinski definition) is 3. The van der Waals surface area contributed by atoms with Crippen molar-refractivity contribution in [2.24, 2.45) is 5.92 Å². The first-order valence-electron chi connectivity index (χ1n) is 7.28. The molecule has 1 aliphatic heterocycles. The topological polar surface area (TPSA) is 49.4 Å². The smallest absolute Gasteiger partial charge is 0.216 e. The molecule has 4 nitrogen and oxygen atoms in total. The van der Waals surface area contributed by atoms with Gasteiger partial charge in [0, 0.05) is 13.1 Å². The van der Waals surface area contributed by atoms with E-state index >= 15 is 0 Å². The Labute approximate surface area is 111 Å².